The van der Waals surface area contributed by atoms with Gasteiger partial charge in [-0.15, -0.1) is 0 Å². The molecule has 0 radical (unpaired) electrons. The smallest absolute Gasteiger partial charge is 0.328 e. The van der Waals surface area contributed by atoms with Crippen LogP contribution in [-0.2, 0) is 4.79 Å². The zero-order chi connectivity index (χ0) is 24.5. The lowest BCUT2D eigenvalue weighted by Gasteiger charge is -2.22. The Hall–Kier alpha value is -4.73. The second kappa shape index (κ2) is 11.2. The molecule has 0 spiro atoms. The Balaban J connectivity index is 1.81. The van der Waals surface area contributed by atoms with Gasteiger partial charge in [-0.05, 0) is 41.5 Å². The summed E-state index contributed by atoms with van der Waals surface area (Å²) < 4.78 is 11.8. The van der Waals surface area contributed by atoms with Crippen LogP contribution in [0, 0.1) is 20.2 Å². The molecule has 0 heterocycles. The fourth-order valence-electron chi connectivity index (χ4n) is 3.15. The zero-order valence-electron chi connectivity index (χ0n) is 17.8. The van der Waals surface area contributed by atoms with Crippen LogP contribution in [0.4, 0.5) is 11.4 Å². The summed E-state index contributed by atoms with van der Waals surface area (Å²) in [7, 11) is 0. The fraction of sp³-hybridized carbons (Fsp3) is 0.125. The number of carboxylic acids is 1. The van der Waals surface area contributed by atoms with Crippen LogP contribution in [0.1, 0.15) is 23.7 Å². The number of ether oxygens (including phenoxy) is 2. The zero-order valence-corrected chi connectivity index (χ0v) is 17.8. The maximum absolute atomic E-state index is 11.0. The summed E-state index contributed by atoms with van der Waals surface area (Å²) in [4.78, 5) is 31.7. The fourth-order valence-corrected chi connectivity index (χ4v) is 3.15. The van der Waals surface area contributed by atoms with Crippen molar-refractivity contribution >= 4 is 23.4 Å². The molecular weight excluding hydrogens is 444 g/mol. The van der Waals surface area contributed by atoms with Gasteiger partial charge in [0.15, 0.2) is 0 Å². The van der Waals surface area contributed by atoms with E-state index >= 15 is 0 Å². The third-order valence-corrected chi connectivity index (χ3v) is 4.77. The van der Waals surface area contributed by atoms with Gasteiger partial charge in [0.25, 0.3) is 11.4 Å². The summed E-state index contributed by atoms with van der Waals surface area (Å²) >= 11 is 0. The van der Waals surface area contributed by atoms with Crippen molar-refractivity contribution in [3.63, 3.8) is 0 Å². The van der Waals surface area contributed by atoms with Crippen LogP contribution < -0.4 is 9.47 Å². The lowest BCUT2D eigenvalue weighted by molar-refractivity contribution is -0.385. The molecule has 0 aliphatic heterocycles. The number of nitro benzene ring substituents is 2. The molecule has 3 aromatic carbocycles. The normalized spacial score (nSPS) is 11.6. The number of non-ortho nitro benzene ring substituents is 2. The first kappa shape index (κ1) is 23.9. The second-order valence-electron chi connectivity index (χ2n) is 7.05. The highest BCUT2D eigenvalue weighted by atomic mass is 16.6. The van der Waals surface area contributed by atoms with Gasteiger partial charge in [0.05, 0.1) is 16.5 Å². The van der Waals surface area contributed by atoms with E-state index in [2.05, 4.69) is 0 Å². The van der Waals surface area contributed by atoms with Crippen LogP contribution in [0.15, 0.2) is 78.9 Å². The average Bonchev–Trinajstić information content (AvgIpc) is 2.83. The van der Waals surface area contributed by atoms with Crippen LogP contribution in [0.25, 0.3) is 6.08 Å². The summed E-state index contributed by atoms with van der Waals surface area (Å²) in [5, 5.41) is 30.7. The molecule has 10 heteroatoms. The van der Waals surface area contributed by atoms with E-state index in [-0.39, 0.29) is 18.0 Å². The molecular formula is C24H20N2O8. The Kier molecular flexibility index (Phi) is 7.90. The van der Waals surface area contributed by atoms with E-state index < -0.39 is 21.9 Å². The third-order valence-electron chi connectivity index (χ3n) is 4.77. The van der Waals surface area contributed by atoms with Gasteiger partial charge >= 0.3 is 5.97 Å². The highest BCUT2D eigenvalue weighted by Gasteiger charge is 2.18. The molecule has 3 aromatic rings. The number of hydrogen-bond acceptors (Lipinski definition) is 7. The van der Waals surface area contributed by atoms with E-state index in [9.17, 15) is 25.0 Å². The second-order valence-corrected chi connectivity index (χ2v) is 7.05. The quantitative estimate of drug-likeness (QED) is 0.232. The lowest BCUT2D eigenvalue weighted by atomic mass is 9.99. The van der Waals surface area contributed by atoms with Crippen LogP contribution in [0.5, 0.6) is 11.5 Å². The average molecular weight is 464 g/mol. The van der Waals surface area contributed by atoms with Crippen molar-refractivity contribution in [3.8, 4) is 11.5 Å². The molecule has 3 rings (SSSR count). The number of carbonyl (C=O) groups is 1. The van der Waals surface area contributed by atoms with Crippen molar-refractivity contribution in [3.05, 3.63) is 110 Å². The van der Waals surface area contributed by atoms with Crippen molar-refractivity contribution in [1.82, 2.24) is 0 Å². The number of rotatable bonds is 11. The highest BCUT2D eigenvalue weighted by molar-refractivity contribution is 5.85. The van der Waals surface area contributed by atoms with E-state index in [1.54, 1.807) is 24.3 Å². The molecule has 0 saturated heterocycles. The minimum atomic E-state index is -1.09. The Morgan fingerprint density at radius 3 is 2.00 bits per heavy atom. The minimum absolute atomic E-state index is 0.0501. The predicted molar refractivity (Wildman–Crippen MR) is 123 cm³/mol. The molecule has 1 N–H and O–H groups in total. The molecule has 0 fully saturated rings. The molecule has 1 unspecified atom stereocenters. The Morgan fingerprint density at radius 2 is 1.44 bits per heavy atom. The largest absolute Gasteiger partial charge is 0.493 e. The summed E-state index contributed by atoms with van der Waals surface area (Å²) in [5.74, 6) is -0.258. The van der Waals surface area contributed by atoms with Gasteiger partial charge < -0.3 is 14.6 Å². The molecule has 0 amide bonds. The van der Waals surface area contributed by atoms with Crippen LogP contribution in [0.3, 0.4) is 0 Å². The number of nitro groups is 2. The molecule has 1 atom stereocenters. The summed E-state index contributed by atoms with van der Waals surface area (Å²) in [6.45, 7) is 0.187. The van der Waals surface area contributed by atoms with Crippen molar-refractivity contribution in [2.24, 2.45) is 0 Å². The van der Waals surface area contributed by atoms with E-state index in [4.69, 9.17) is 14.6 Å². The monoisotopic (exact) mass is 464 g/mol. The van der Waals surface area contributed by atoms with Crippen molar-refractivity contribution < 1.29 is 29.2 Å². The first-order chi connectivity index (χ1) is 16.3. The summed E-state index contributed by atoms with van der Waals surface area (Å²) in [6, 6.07) is 18.4. The van der Waals surface area contributed by atoms with E-state index in [0.29, 0.717) is 29.0 Å². The number of hydrogen-bond donors (Lipinski definition) is 1. The maximum Gasteiger partial charge on any atom is 0.328 e. The van der Waals surface area contributed by atoms with E-state index in [1.807, 2.05) is 0 Å². The maximum atomic E-state index is 11.0. The topological polar surface area (TPSA) is 142 Å². The molecule has 174 valence electrons. The predicted octanol–water partition coefficient (Wildman–Crippen LogP) is 5.19. The van der Waals surface area contributed by atoms with Gasteiger partial charge in [-0.1, -0.05) is 24.3 Å². The van der Waals surface area contributed by atoms with Crippen LogP contribution in [-0.4, -0.2) is 27.5 Å². The molecule has 0 aliphatic carbocycles. The first-order valence-electron chi connectivity index (χ1n) is 10.1. The molecule has 0 aromatic heterocycles. The third kappa shape index (κ3) is 6.63. The summed E-state index contributed by atoms with van der Waals surface area (Å²) in [5.41, 5.74) is 1.21. The minimum Gasteiger partial charge on any atom is -0.493 e. The van der Waals surface area contributed by atoms with Gasteiger partial charge in [0.1, 0.15) is 17.6 Å². The number of aliphatic carboxylic acids is 1. The van der Waals surface area contributed by atoms with Gasteiger partial charge in [-0.2, -0.15) is 0 Å². The van der Waals surface area contributed by atoms with Crippen molar-refractivity contribution in [1.29, 1.82) is 0 Å². The first-order valence-corrected chi connectivity index (χ1v) is 10.1. The molecule has 0 aliphatic rings. The number of nitrogens with zero attached hydrogens (tertiary/aromatic N) is 2. The van der Waals surface area contributed by atoms with Crippen LogP contribution in [0.2, 0.25) is 0 Å². The van der Waals surface area contributed by atoms with E-state index in [0.717, 1.165) is 6.08 Å². The Labute approximate surface area is 194 Å². The lowest BCUT2D eigenvalue weighted by Crippen LogP contribution is -2.13. The standard InChI is InChI=1S/C24H20N2O8/c27-24(28)14-5-17-3-1-2-4-22(17)23(34-21-12-8-19(9-13-21)26(31)32)15-16-33-20-10-6-18(7-11-20)25(29)30/h1-14,23H,15-16H2,(H,27,28). The van der Waals surface area contributed by atoms with Gasteiger partial charge in [-0.3, -0.25) is 20.2 Å². The van der Waals surface area contributed by atoms with Crippen LogP contribution >= 0.6 is 0 Å². The van der Waals surface area contributed by atoms with Gasteiger partial charge in [-0.25, -0.2) is 4.79 Å². The molecule has 10 nitrogen and oxygen atoms in total. The number of carboxylic acid groups (broad SMARTS) is 1. The van der Waals surface area contributed by atoms with E-state index in [1.165, 1.54) is 54.6 Å². The van der Waals surface area contributed by atoms with Gasteiger partial charge in [0.2, 0.25) is 0 Å². The molecule has 34 heavy (non-hydrogen) atoms. The van der Waals surface area contributed by atoms with Crippen molar-refractivity contribution in [2.75, 3.05) is 6.61 Å². The number of benzene rings is 3. The Morgan fingerprint density at radius 1 is 0.882 bits per heavy atom. The summed E-state index contributed by atoms with van der Waals surface area (Å²) in [6.07, 6.45) is 2.25. The molecule has 0 bridgehead atoms. The highest BCUT2D eigenvalue weighted by Crippen LogP contribution is 2.30. The molecule has 0 saturated carbocycles. The SMILES string of the molecule is O=C(O)C=Cc1ccccc1C(CCOc1ccc([N+](=O)[O-])cc1)Oc1ccc([N+](=O)[O-])cc1. The van der Waals surface area contributed by atoms with Crippen molar-refractivity contribution in [2.45, 2.75) is 12.5 Å². The van der Waals surface area contributed by atoms with Gasteiger partial charge in [0, 0.05) is 36.8 Å². The Bertz CT molecular complexity index is 1190.